The normalized spacial score (nSPS) is 23.5. The van der Waals surface area contributed by atoms with Gasteiger partial charge in [0.1, 0.15) is 0 Å². The van der Waals surface area contributed by atoms with E-state index < -0.39 is 5.41 Å². The Morgan fingerprint density at radius 1 is 1.15 bits per heavy atom. The minimum atomic E-state index is -0.427. The molecule has 0 saturated carbocycles. The Kier molecular flexibility index (Phi) is 5.78. The second kappa shape index (κ2) is 8.74. The Morgan fingerprint density at radius 2 is 1.97 bits per heavy atom. The zero-order valence-corrected chi connectivity index (χ0v) is 19.8. The van der Waals surface area contributed by atoms with Crippen LogP contribution in [0.3, 0.4) is 0 Å². The molecule has 3 aromatic rings. The summed E-state index contributed by atoms with van der Waals surface area (Å²) in [5, 5.41) is 4.43. The molecule has 2 fully saturated rings. The first-order chi connectivity index (χ1) is 16.0. The van der Waals surface area contributed by atoms with Crippen LogP contribution in [-0.4, -0.2) is 59.7 Å². The summed E-state index contributed by atoms with van der Waals surface area (Å²) in [7, 11) is 0. The average Bonchev–Trinajstić information content (AvgIpc) is 3.59. The predicted molar refractivity (Wildman–Crippen MR) is 125 cm³/mol. The molecule has 2 aliphatic rings. The molecule has 5 heterocycles. The van der Waals surface area contributed by atoms with Crippen LogP contribution in [0.25, 0.3) is 0 Å². The van der Waals surface area contributed by atoms with Crippen molar-refractivity contribution in [3.63, 3.8) is 0 Å². The lowest BCUT2D eigenvalue weighted by Crippen LogP contribution is -2.39. The lowest BCUT2D eigenvalue weighted by molar-refractivity contribution is -0.136. The third-order valence-electron chi connectivity index (χ3n) is 7.27. The van der Waals surface area contributed by atoms with E-state index in [-0.39, 0.29) is 11.8 Å². The van der Waals surface area contributed by atoms with Crippen LogP contribution in [0.1, 0.15) is 56.0 Å². The van der Waals surface area contributed by atoms with Crippen LogP contribution in [-0.2, 0) is 24.4 Å². The van der Waals surface area contributed by atoms with Gasteiger partial charge >= 0.3 is 0 Å². The fourth-order valence-electron chi connectivity index (χ4n) is 5.43. The molecular formula is C25H33N7O. The Hall–Kier alpha value is -3.00. The summed E-state index contributed by atoms with van der Waals surface area (Å²) in [6.07, 6.45) is 12.6. The fraction of sp³-hybridized carbons (Fsp3) is 0.520. The molecule has 1 spiro atoms. The van der Waals surface area contributed by atoms with Gasteiger partial charge < -0.3 is 9.47 Å². The van der Waals surface area contributed by atoms with Gasteiger partial charge in [-0.25, -0.2) is 4.98 Å². The van der Waals surface area contributed by atoms with Gasteiger partial charge in [-0.15, -0.1) is 0 Å². The van der Waals surface area contributed by atoms with E-state index in [1.165, 1.54) is 5.56 Å². The van der Waals surface area contributed by atoms with E-state index in [1.807, 2.05) is 34.2 Å². The van der Waals surface area contributed by atoms with Crippen LogP contribution < -0.4 is 0 Å². The summed E-state index contributed by atoms with van der Waals surface area (Å²) >= 11 is 0. The molecule has 0 N–H and O–H groups in total. The maximum Gasteiger partial charge on any atom is 0.231 e. The number of carbonyl (C=O) groups is 1. The van der Waals surface area contributed by atoms with Crippen molar-refractivity contribution in [2.45, 2.75) is 58.8 Å². The standard InChI is InChI=1S/C25H33N7O/c1-4-32-14-21(11-28-32)12-29-15-22(23-16-31(18-27-23)19(2)3)25(17-29)7-10-30(24(25)33)13-20-5-8-26-9-6-20/h5-6,8-9,11,14,16,18-19,22H,4,7,10,12-13,15,17H2,1-3H3/t22-,25-/m1/s1. The van der Waals surface area contributed by atoms with Crippen molar-refractivity contribution in [3.05, 3.63) is 66.3 Å². The molecule has 0 aliphatic carbocycles. The quantitative estimate of drug-likeness (QED) is 0.557. The number of hydrogen-bond acceptors (Lipinski definition) is 5. The Labute approximate surface area is 195 Å². The van der Waals surface area contributed by atoms with E-state index in [0.717, 1.165) is 50.4 Å². The average molecular weight is 448 g/mol. The van der Waals surface area contributed by atoms with Gasteiger partial charge in [0.05, 0.1) is 23.6 Å². The Bertz CT molecular complexity index is 1100. The predicted octanol–water partition coefficient (Wildman–Crippen LogP) is 3.09. The number of pyridine rings is 1. The molecular weight excluding hydrogens is 414 g/mol. The zero-order valence-electron chi connectivity index (χ0n) is 19.8. The first-order valence-electron chi connectivity index (χ1n) is 11.9. The van der Waals surface area contributed by atoms with Crippen molar-refractivity contribution in [3.8, 4) is 0 Å². The van der Waals surface area contributed by atoms with E-state index in [2.05, 4.69) is 52.7 Å². The second-order valence-electron chi connectivity index (χ2n) is 9.75. The number of aryl methyl sites for hydroxylation is 1. The molecule has 1 amide bonds. The first-order valence-corrected chi connectivity index (χ1v) is 11.9. The molecule has 0 aromatic carbocycles. The third-order valence-corrected chi connectivity index (χ3v) is 7.27. The van der Waals surface area contributed by atoms with Crippen LogP contribution in [0.4, 0.5) is 0 Å². The van der Waals surface area contributed by atoms with Crippen molar-refractivity contribution in [2.75, 3.05) is 19.6 Å². The van der Waals surface area contributed by atoms with Gasteiger partial charge in [-0.05, 0) is 44.9 Å². The van der Waals surface area contributed by atoms with Crippen LogP contribution in [0.2, 0.25) is 0 Å². The van der Waals surface area contributed by atoms with E-state index in [4.69, 9.17) is 4.98 Å². The lowest BCUT2D eigenvalue weighted by atomic mass is 9.75. The van der Waals surface area contributed by atoms with Gasteiger partial charge in [-0.3, -0.25) is 19.4 Å². The first kappa shape index (κ1) is 21.8. The van der Waals surface area contributed by atoms with Crippen LogP contribution >= 0.6 is 0 Å². The highest BCUT2D eigenvalue weighted by Crippen LogP contribution is 2.50. The molecule has 0 bridgehead atoms. The van der Waals surface area contributed by atoms with Crippen LogP contribution in [0.5, 0.6) is 0 Å². The third kappa shape index (κ3) is 4.08. The molecule has 8 nitrogen and oxygen atoms in total. The van der Waals surface area contributed by atoms with E-state index in [1.54, 1.807) is 12.4 Å². The summed E-state index contributed by atoms with van der Waals surface area (Å²) in [6, 6.07) is 4.33. The molecule has 5 rings (SSSR count). The summed E-state index contributed by atoms with van der Waals surface area (Å²) in [5.41, 5.74) is 2.93. The Balaban J connectivity index is 1.42. The summed E-state index contributed by atoms with van der Waals surface area (Å²) < 4.78 is 4.10. The largest absolute Gasteiger partial charge is 0.338 e. The van der Waals surface area contributed by atoms with E-state index in [9.17, 15) is 4.79 Å². The molecule has 2 saturated heterocycles. The number of aromatic nitrogens is 5. The van der Waals surface area contributed by atoms with Crippen LogP contribution in [0, 0.1) is 5.41 Å². The topological polar surface area (TPSA) is 72.1 Å². The van der Waals surface area contributed by atoms with E-state index >= 15 is 0 Å². The number of amides is 1. The monoisotopic (exact) mass is 447 g/mol. The smallest absolute Gasteiger partial charge is 0.231 e. The molecule has 174 valence electrons. The number of rotatable bonds is 7. The highest BCUT2D eigenvalue weighted by Gasteiger charge is 2.57. The second-order valence-corrected chi connectivity index (χ2v) is 9.75. The molecule has 8 heteroatoms. The van der Waals surface area contributed by atoms with Crippen molar-refractivity contribution >= 4 is 5.91 Å². The zero-order chi connectivity index (χ0) is 23.0. The highest BCUT2D eigenvalue weighted by molar-refractivity contribution is 5.86. The number of nitrogens with zero attached hydrogens (tertiary/aromatic N) is 7. The fourth-order valence-corrected chi connectivity index (χ4v) is 5.43. The minimum absolute atomic E-state index is 0.0914. The number of imidazole rings is 1. The van der Waals surface area contributed by atoms with E-state index in [0.29, 0.717) is 12.6 Å². The van der Waals surface area contributed by atoms with Crippen molar-refractivity contribution < 1.29 is 4.79 Å². The summed E-state index contributed by atoms with van der Waals surface area (Å²) in [6.45, 7) is 11.1. The molecule has 33 heavy (non-hydrogen) atoms. The van der Waals surface area contributed by atoms with Crippen molar-refractivity contribution in [1.29, 1.82) is 0 Å². The molecule has 2 atom stereocenters. The maximum atomic E-state index is 13.9. The van der Waals surface area contributed by atoms with Gasteiger partial charge in [0.2, 0.25) is 5.91 Å². The van der Waals surface area contributed by atoms with Gasteiger partial charge in [-0.2, -0.15) is 5.10 Å². The molecule has 2 aliphatic heterocycles. The molecule has 0 unspecified atom stereocenters. The minimum Gasteiger partial charge on any atom is -0.338 e. The highest BCUT2D eigenvalue weighted by atomic mass is 16.2. The van der Waals surface area contributed by atoms with Gasteiger partial charge in [0.15, 0.2) is 0 Å². The maximum absolute atomic E-state index is 13.9. The van der Waals surface area contributed by atoms with Crippen molar-refractivity contribution in [2.24, 2.45) is 5.41 Å². The molecule has 0 radical (unpaired) electrons. The summed E-state index contributed by atoms with van der Waals surface area (Å²) in [4.78, 5) is 27.3. The SMILES string of the molecule is CCn1cc(CN2C[C@H](c3cn(C(C)C)cn3)[C@@]3(CCN(Cc4ccncc4)C3=O)C2)cn1. The molecule has 3 aromatic heterocycles. The van der Waals surface area contributed by atoms with Gasteiger partial charge in [0.25, 0.3) is 0 Å². The van der Waals surface area contributed by atoms with Crippen molar-refractivity contribution in [1.82, 2.24) is 34.1 Å². The summed E-state index contributed by atoms with van der Waals surface area (Å²) in [5.74, 6) is 0.351. The van der Waals surface area contributed by atoms with Crippen LogP contribution in [0.15, 0.2) is 49.4 Å². The number of hydrogen-bond donors (Lipinski definition) is 0. The number of likely N-dealkylation sites (tertiary alicyclic amines) is 2. The van der Waals surface area contributed by atoms with Gasteiger partial charge in [0, 0.05) is 81.6 Å². The Morgan fingerprint density at radius 3 is 2.67 bits per heavy atom. The lowest BCUT2D eigenvalue weighted by Gasteiger charge is -2.28. The van der Waals surface area contributed by atoms with Gasteiger partial charge in [-0.1, -0.05) is 0 Å². The number of carbonyl (C=O) groups excluding carboxylic acids is 1.